The van der Waals surface area contributed by atoms with Crippen molar-refractivity contribution in [3.8, 4) is 0 Å². The smallest absolute Gasteiger partial charge is 0.137 e. The molecular weight excluding hydrogens is 319 g/mol. The van der Waals surface area contributed by atoms with Crippen LogP contribution in [-0.2, 0) is 6.54 Å². The highest BCUT2D eigenvalue weighted by Gasteiger charge is 2.35. The van der Waals surface area contributed by atoms with Gasteiger partial charge in [0.25, 0.3) is 0 Å². The molecule has 110 valence electrons. The fraction of sp³-hybridized carbons (Fsp3) is 0.625. The molecule has 2 fully saturated rings. The summed E-state index contributed by atoms with van der Waals surface area (Å²) in [6.07, 6.45) is 5.11. The first-order chi connectivity index (χ1) is 9.67. The predicted molar refractivity (Wildman–Crippen MR) is 83.2 cm³/mol. The number of piperidine rings is 1. The van der Waals surface area contributed by atoms with Crippen LogP contribution in [0, 0.1) is 5.82 Å². The molecule has 0 radical (unpaired) electrons. The van der Waals surface area contributed by atoms with Crippen LogP contribution in [0.4, 0.5) is 4.39 Å². The lowest BCUT2D eigenvalue weighted by Crippen LogP contribution is -2.47. The maximum Gasteiger partial charge on any atom is 0.137 e. The molecule has 2 saturated heterocycles. The van der Waals surface area contributed by atoms with Gasteiger partial charge in [0, 0.05) is 24.7 Å². The lowest BCUT2D eigenvalue weighted by atomic mass is 9.97. The largest absolute Gasteiger partial charge is 0.311 e. The summed E-state index contributed by atoms with van der Waals surface area (Å²) in [6, 6.07) is 7.36. The molecule has 2 aliphatic rings. The molecule has 20 heavy (non-hydrogen) atoms. The van der Waals surface area contributed by atoms with Gasteiger partial charge in [-0.1, -0.05) is 19.1 Å². The summed E-state index contributed by atoms with van der Waals surface area (Å²) in [5.74, 6) is -0.163. The molecule has 2 atom stereocenters. The van der Waals surface area contributed by atoms with Gasteiger partial charge in [-0.15, -0.1) is 0 Å². The number of nitrogens with one attached hydrogen (secondary N) is 1. The molecule has 3 rings (SSSR count). The molecule has 1 aromatic carbocycles. The van der Waals surface area contributed by atoms with Crippen molar-refractivity contribution in [2.75, 3.05) is 6.54 Å². The van der Waals surface area contributed by atoms with Gasteiger partial charge in [-0.2, -0.15) is 0 Å². The monoisotopic (exact) mass is 340 g/mol. The van der Waals surface area contributed by atoms with Crippen molar-refractivity contribution in [2.45, 2.75) is 57.3 Å². The van der Waals surface area contributed by atoms with Crippen LogP contribution in [0.2, 0.25) is 0 Å². The molecule has 0 aromatic heterocycles. The molecule has 1 aromatic rings. The summed E-state index contributed by atoms with van der Waals surface area (Å²) < 4.78 is 14.3. The fourth-order valence-corrected chi connectivity index (χ4v) is 4.10. The Hall–Kier alpha value is -0.450. The third kappa shape index (κ3) is 2.92. The number of hydrogen-bond acceptors (Lipinski definition) is 2. The van der Waals surface area contributed by atoms with Crippen molar-refractivity contribution in [3.63, 3.8) is 0 Å². The molecule has 2 bridgehead atoms. The van der Waals surface area contributed by atoms with Gasteiger partial charge in [-0.25, -0.2) is 4.39 Å². The average Bonchev–Trinajstić information content (AvgIpc) is 2.79. The molecule has 1 N–H and O–H groups in total. The maximum atomic E-state index is 13.6. The summed E-state index contributed by atoms with van der Waals surface area (Å²) in [5, 5.41) is 3.69. The van der Waals surface area contributed by atoms with Crippen LogP contribution in [0.25, 0.3) is 0 Å². The number of rotatable bonds is 4. The van der Waals surface area contributed by atoms with Gasteiger partial charge in [0.2, 0.25) is 0 Å². The van der Waals surface area contributed by atoms with Gasteiger partial charge in [0.15, 0.2) is 0 Å². The van der Waals surface area contributed by atoms with Crippen molar-refractivity contribution >= 4 is 15.9 Å². The van der Waals surface area contributed by atoms with Gasteiger partial charge in [0.05, 0.1) is 4.47 Å². The molecule has 0 aliphatic carbocycles. The molecule has 0 amide bonds. The van der Waals surface area contributed by atoms with Crippen molar-refractivity contribution in [1.29, 1.82) is 0 Å². The summed E-state index contributed by atoms with van der Waals surface area (Å²) in [6.45, 7) is 4.06. The molecule has 2 unspecified atom stereocenters. The van der Waals surface area contributed by atoms with Crippen LogP contribution in [0.5, 0.6) is 0 Å². The molecule has 0 saturated carbocycles. The van der Waals surface area contributed by atoms with Crippen LogP contribution in [0.1, 0.15) is 38.2 Å². The summed E-state index contributed by atoms with van der Waals surface area (Å²) in [5.41, 5.74) is 1.05. The van der Waals surface area contributed by atoms with Crippen LogP contribution >= 0.6 is 15.9 Å². The highest BCUT2D eigenvalue weighted by atomic mass is 79.9. The predicted octanol–water partition coefficient (Wildman–Crippen LogP) is 3.69. The first-order valence-electron chi connectivity index (χ1n) is 7.60. The third-order valence-electron chi connectivity index (χ3n) is 4.78. The van der Waals surface area contributed by atoms with Gasteiger partial charge in [-0.3, -0.25) is 4.90 Å². The molecule has 2 heterocycles. The van der Waals surface area contributed by atoms with Gasteiger partial charge in [0.1, 0.15) is 5.82 Å². The zero-order valence-electron chi connectivity index (χ0n) is 11.9. The summed E-state index contributed by atoms with van der Waals surface area (Å²) in [4.78, 5) is 2.51. The second-order valence-electron chi connectivity index (χ2n) is 6.04. The minimum atomic E-state index is -0.163. The van der Waals surface area contributed by atoms with E-state index in [1.165, 1.54) is 31.7 Å². The summed E-state index contributed by atoms with van der Waals surface area (Å²) in [7, 11) is 0. The quantitative estimate of drug-likeness (QED) is 0.899. The SMILES string of the molecule is CCN(Cc1cccc(F)c1Br)C1CC2CCC(C1)N2. The Balaban J connectivity index is 1.72. The number of fused-ring (bicyclic) bond motifs is 2. The maximum absolute atomic E-state index is 13.6. The van der Waals surface area contributed by atoms with E-state index >= 15 is 0 Å². The molecule has 2 aliphatic heterocycles. The average molecular weight is 341 g/mol. The molecular formula is C16H22BrFN2. The number of nitrogens with zero attached hydrogens (tertiary/aromatic N) is 1. The minimum absolute atomic E-state index is 0.163. The van der Waals surface area contributed by atoms with Crippen molar-refractivity contribution in [1.82, 2.24) is 10.2 Å². The first kappa shape index (κ1) is 14.5. The van der Waals surface area contributed by atoms with E-state index in [4.69, 9.17) is 0 Å². The van der Waals surface area contributed by atoms with Crippen LogP contribution in [-0.4, -0.2) is 29.6 Å². The molecule has 2 nitrogen and oxygen atoms in total. The highest BCUT2D eigenvalue weighted by molar-refractivity contribution is 9.10. The van der Waals surface area contributed by atoms with Crippen LogP contribution in [0.3, 0.4) is 0 Å². The highest BCUT2D eigenvalue weighted by Crippen LogP contribution is 2.31. The van der Waals surface area contributed by atoms with E-state index < -0.39 is 0 Å². The first-order valence-corrected chi connectivity index (χ1v) is 8.39. The third-order valence-corrected chi connectivity index (χ3v) is 5.66. The van der Waals surface area contributed by atoms with E-state index in [0.717, 1.165) is 18.7 Å². The Morgan fingerprint density at radius 2 is 2.00 bits per heavy atom. The molecule has 4 heteroatoms. The van der Waals surface area contributed by atoms with Gasteiger partial charge in [-0.05, 0) is 59.8 Å². The van der Waals surface area contributed by atoms with Crippen molar-refractivity contribution in [3.05, 3.63) is 34.1 Å². The minimum Gasteiger partial charge on any atom is -0.311 e. The zero-order valence-corrected chi connectivity index (χ0v) is 13.5. The van der Waals surface area contributed by atoms with Gasteiger partial charge >= 0.3 is 0 Å². The lowest BCUT2D eigenvalue weighted by Gasteiger charge is -2.37. The molecule has 0 spiro atoms. The van der Waals surface area contributed by atoms with Crippen molar-refractivity contribution in [2.24, 2.45) is 0 Å². The van der Waals surface area contributed by atoms with Crippen LogP contribution < -0.4 is 5.32 Å². The van der Waals surface area contributed by atoms with E-state index in [0.29, 0.717) is 22.6 Å². The Labute approximate surface area is 128 Å². The topological polar surface area (TPSA) is 15.3 Å². The van der Waals surface area contributed by atoms with E-state index in [9.17, 15) is 4.39 Å². The van der Waals surface area contributed by atoms with E-state index in [-0.39, 0.29) is 5.82 Å². The Bertz CT molecular complexity index is 468. The van der Waals surface area contributed by atoms with E-state index in [1.54, 1.807) is 6.07 Å². The number of benzene rings is 1. The normalized spacial score (nSPS) is 29.1. The Morgan fingerprint density at radius 3 is 2.65 bits per heavy atom. The fourth-order valence-electron chi connectivity index (χ4n) is 3.71. The van der Waals surface area contributed by atoms with Crippen LogP contribution in [0.15, 0.2) is 22.7 Å². The van der Waals surface area contributed by atoms with Gasteiger partial charge < -0.3 is 5.32 Å². The number of hydrogen-bond donors (Lipinski definition) is 1. The second kappa shape index (κ2) is 6.12. The Morgan fingerprint density at radius 1 is 1.30 bits per heavy atom. The lowest BCUT2D eigenvalue weighted by molar-refractivity contribution is 0.140. The zero-order chi connectivity index (χ0) is 14.1. The Kier molecular flexibility index (Phi) is 4.43. The van der Waals surface area contributed by atoms with E-state index in [2.05, 4.69) is 33.1 Å². The standard InChI is InChI=1S/C16H22BrFN2/c1-2-20(10-11-4-3-5-15(18)16(11)17)14-8-12-6-7-13(9-14)19-12/h3-5,12-14,19H,2,6-10H2,1H3. The summed E-state index contributed by atoms with van der Waals surface area (Å²) >= 11 is 3.38. The second-order valence-corrected chi connectivity index (χ2v) is 6.83. The van der Waals surface area contributed by atoms with Crippen molar-refractivity contribution < 1.29 is 4.39 Å². The van der Waals surface area contributed by atoms with E-state index in [1.807, 2.05) is 6.07 Å². The number of halogens is 2.